The molecule has 6 heteroatoms. The van der Waals surface area contributed by atoms with Crippen molar-refractivity contribution in [3.8, 4) is 11.1 Å². The van der Waals surface area contributed by atoms with Gasteiger partial charge >= 0.3 is 5.97 Å². The number of aromatic nitrogens is 1. The molecule has 4 nitrogen and oxygen atoms in total. The summed E-state index contributed by atoms with van der Waals surface area (Å²) >= 11 is 1.20. The standard InChI is InChI=1S/C15H10FNO3S/c16-12-3-1-2-9-10(5-17-14(9)12)8-4-13(21-7-8)11(6-18)15(19)20/h1-7,11,17H,(H,19,20). The molecular formula is C15H10FNO3S. The zero-order chi connectivity index (χ0) is 15.0. The zero-order valence-electron chi connectivity index (χ0n) is 10.7. The monoisotopic (exact) mass is 303 g/mol. The summed E-state index contributed by atoms with van der Waals surface area (Å²) in [5.74, 6) is -2.68. The molecule has 2 heterocycles. The lowest BCUT2D eigenvalue weighted by atomic mass is 10.0. The Bertz CT molecular complexity index is 836. The fourth-order valence-corrected chi connectivity index (χ4v) is 3.22. The van der Waals surface area contributed by atoms with E-state index >= 15 is 0 Å². The van der Waals surface area contributed by atoms with Crippen LogP contribution in [0.2, 0.25) is 0 Å². The van der Waals surface area contributed by atoms with Crippen molar-refractivity contribution in [1.82, 2.24) is 4.98 Å². The zero-order valence-corrected chi connectivity index (χ0v) is 11.5. The number of rotatable bonds is 4. The maximum atomic E-state index is 13.7. The van der Waals surface area contributed by atoms with Crippen molar-refractivity contribution in [3.05, 3.63) is 46.5 Å². The maximum Gasteiger partial charge on any atom is 0.319 e. The number of nitrogens with one attached hydrogen (secondary N) is 1. The van der Waals surface area contributed by atoms with Crippen molar-refractivity contribution in [1.29, 1.82) is 0 Å². The largest absolute Gasteiger partial charge is 0.480 e. The highest BCUT2D eigenvalue weighted by atomic mass is 32.1. The Morgan fingerprint density at radius 3 is 2.95 bits per heavy atom. The van der Waals surface area contributed by atoms with Gasteiger partial charge in [-0.3, -0.25) is 4.79 Å². The van der Waals surface area contributed by atoms with Crippen LogP contribution in [0.15, 0.2) is 35.8 Å². The van der Waals surface area contributed by atoms with Gasteiger partial charge in [-0.15, -0.1) is 11.3 Å². The van der Waals surface area contributed by atoms with Crippen LogP contribution in [-0.2, 0) is 9.59 Å². The Kier molecular flexibility index (Phi) is 3.31. The van der Waals surface area contributed by atoms with Crippen molar-refractivity contribution in [2.45, 2.75) is 5.92 Å². The van der Waals surface area contributed by atoms with Gasteiger partial charge in [0.25, 0.3) is 0 Å². The smallest absolute Gasteiger partial charge is 0.319 e. The first-order valence-corrected chi connectivity index (χ1v) is 7.02. The average molecular weight is 303 g/mol. The molecule has 0 amide bonds. The molecule has 106 valence electrons. The number of carboxylic acid groups (broad SMARTS) is 1. The van der Waals surface area contributed by atoms with E-state index in [4.69, 9.17) is 5.11 Å². The van der Waals surface area contributed by atoms with Gasteiger partial charge in [-0.25, -0.2) is 4.39 Å². The van der Waals surface area contributed by atoms with E-state index in [1.54, 1.807) is 29.8 Å². The Hall–Kier alpha value is -2.47. The van der Waals surface area contributed by atoms with Crippen LogP contribution in [0.1, 0.15) is 10.8 Å². The molecule has 0 bridgehead atoms. The maximum absolute atomic E-state index is 13.7. The highest BCUT2D eigenvalue weighted by Gasteiger charge is 2.21. The lowest BCUT2D eigenvalue weighted by molar-refractivity contribution is -0.140. The van der Waals surface area contributed by atoms with Crippen LogP contribution in [0, 0.1) is 5.82 Å². The minimum absolute atomic E-state index is 0.342. The lowest BCUT2D eigenvalue weighted by Crippen LogP contribution is -2.10. The van der Waals surface area contributed by atoms with Crippen LogP contribution in [0.4, 0.5) is 4.39 Å². The van der Waals surface area contributed by atoms with Gasteiger partial charge in [-0.05, 0) is 23.1 Å². The molecule has 0 radical (unpaired) electrons. The average Bonchev–Trinajstić information content (AvgIpc) is 3.06. The van der Waals surface area contributed by atoms with E-state index in [1.165, 1.54) is 17.4 Å². The molecule has 1 atom stereocenters. The number of fused-ring (bicyclic) bond motifs is 1. The lowest BCUT2D eigenvalue weighted by Gasteiger charge is -2.00. The van der Waals surface area contributed by atoms with Gasteiger partial charge < -0.3 is 14.9 Å². The van der Waals surface area contributed by atoms with Crippen LogP contribution in [-0.4, -0.2) is 22.3 Å². The van der Waals surface area contributed by atoms with E-state index in [-0.39, 0.29) is 5.82 Å². The summed E-state index contributed by atoms with van der Waals surface area (Å²) in [6.07, 6.45) is 2.09. The SMILES string of the molecule is O=CC(C(=O)O)c1cc(-c2c[nH]c3c(F)cccc23)cs1. The predicted molar refractivity (Wildman–Crippen MR) is 78.0 cm³/mol. The molecule has 1 unspecified atom stereocenters. The van der Waals surface area contributed by atoms with Gasteiger partial charge in [-0.2, -0.15) is 0 Å². The summed E-state index contributed by atoms with van der Waals surface area (Å²) < 4.78 is 13.7. The Labute approximate surface area is 122 Å². The fraction of sp³-hybridized carbons (Fsp3) is 0.0667. The number of halogens is 1. The second-order valence-corrected chi connectivity index (χ2v) is 5.50. The number of aldehydes is 1. The van der Waals surface area contributed by atoms with Crippen LogP contribution in [0.25, 0.3) is 22.0 Å². The van der Waals surface area contributed by atoms with E-state index in [0.717, 1.165) is 16.5 Å². The molecule has 0 aliphatic carbocycles. The van der Waals surface area contributed by atoms with Gasteiger partial charge in [-0.1, -0.05) is 12.1 Å². The van der Waals surface area contributed by atoms with E-state index in [0.29, 0.717) is 16.7 Å². The molecular weight excluding hydrogens is 293 g/mol. The highest BCUT2D eigenvalue weighted by molar-refractivity contribution is 7.10. The number of H-pyrrole nitrogens is 1. The third-order valence-electron chi connectivity index (χ3n) is 3.30. The molecule has 2 N–H and O–H groups in total. The van der Waals surface area contributed by atoms with Crippen LogP contribution in [0.5, 0.6) is 0 Å². The Morgan fingerprint density at radius 2 is 2.24 bits per heavy atom. The summed E-state index contributed by atoms with van der Waals surface area (Å²) in [5, 5.41) is 11.5. The van der Waals surface area contributed by atoms with Gasteiger partial charge in [0.1, 0.15) is 18.0 Å². The van der Waals surface area contributed by atoms with Gasteiger partial charge in [0.05, 0.1) is 5.52 Å². The predicted octanol–water partition coefficient (Wildman–Crippen LogP) is 3.40. The third-order valence-corrected chi connectivity index (χ3v) is 4.32. The number of hydrogen-bond donors (Lipinski definition) is 2. The molecule has 0 aliphatic heterocycles. The first kappa shape index (κ1) is 13.5. The van der Waals surface area contributed by atoms with Crippen molar-refractivity contribution >= 4 is 34.5 Å². The van der Waals surface area contributed by atoms with Crippen LogP contribution < -0.4 is 0 Å². The number of aliphatic carboxylic acids is 1. The van der Waals surface area contributed by atoms with Gasteiger partial charge in [0, 0.05) is 22.0 Å². The number of aromatic amines is 1. The van der Waals surface area contributed by atoms with Crippen molar-refractivity contribution in [3.63, 3.8) is 0 Å². The van der Waals surface area contributed by atoms with E-state index < -0.39 is 11.9 Å². The van der Waals surface area contributed by atoms with Crippen molar-refractivity contribution in [2.24, 2.45) is 0 Å². The molecule has 2 aromatic heterocycles. The molecule has 3 rings (SSSR count). The van der Waals surface area contributed by atoms with Crippen LogP contribution >= 0.6 is 11.3 Å². The topological polar surface area (TPSA) is 70.2 Å². The Balaban J connectivity index is 2.08. The summed E-state index contributed by atoms with van der Waals surface area (Å²) in [6, 6.07) is 6.43. The summed E-state index contributed by atoms with van der Waals surface area (Å²) in [6.45, 7) is 0. The first-order valence-electron chi connectivity index (χ1n) is 6.14. The molecule has 1 aromatic carbocycles. The molecule has 0 spiro atoms. The quantitative estimate of drug-likeness (QED) is 0.573. The number of benzene rings is 1. The summed E-state index contributed by atoms with van der Waals surface area (Å²) in [7, 11) is 0. The second kappa shape index (κ2) is 5.14. The Morgan fingerprint density at radius 1 is 1.43 bits per heavy atom. The van der Waals surface area contributed by atoms with E-state index in [9.17, 15) is 14.0 Å². The molecule has 3 aromatic rings. The van der Waals surface area contributed by atoms with Gasteiger partial charge in [0.2, 0.25) is 0 Å². The van der Waals surface area contributed by atoms with Crippen molar-refractivity contribution in [2.75, 3.05) is 0 Å². The fourth-order valence-electron chi connectivity index (χ4n) is 2.26. The minimum Gasteiger partial charge on any atom is -0.480 e. The van der Waals surface area contributed by atoms with E-state index in [1.807, 2.05) is 0 Å². The molecule has 21 heavy (non-hydrogen) atoms. The number of carbonyl (C=O) groups is 2. The van der Waals surface area contributed by atoms with E-state index in [2.05, 4.69) is 4.98 Å². The third kappa shape index (κ3) is 2.23. The minimum atomic E-state index is -1.18. The normalized spacial score (nSPS) is 12.4. The molecule has 0 aliphatic rings. The molecule has 0 fully saturated rings. The first-order chi connectivity index (χ1) is 10.1. The van der Waals surface area contributed by atoms with Crippen LogP contribution in [0.3, 0.4) is 0 Å². The van der Waals surface area contributed by atoms with Gasteiger partial charge in [0.15, 0.2) is 0 Å². The second-order valence-electron chi connectivity index (χ2n) is 4.55. The molecule has 0 saturated heterocycles. The number of para-hydroxylation sites is 1. The number of carboxylic acids is 1. The summed E-state index contributed by atoms with van der Waals surface area (Å²) in [5.41, 5.74) is 1.95. The highest BCUT2D eigenvalue weighted by Crippen LogP contribution is 2.34. The number of carbonyl (C=O) groups excluding carboxylic acids is 1. The molecule has 0 saturated carbocycles. The van der Waals surface area contributed by atoms with Crippen molar-refractivity contribution < 1.29 is 19.1 Å². The summed E-state index contributed by atoms with van der Waals surface area (Å²) in [4.78, 5) is 25.2. The number of thiophene rings is 1. The number of hydrogen-bond acceptors (Lipinski definition) is 3.